The number of para-hydroxylation sites is 3. The molecule has 0 saturated carbocycles. The van der Waals surface area contributed by atoms with Gasteiger partial charge in [-0.3, -0.25) is 0 Å². The molecule has 0 fully saturated rings. The molecule has 1 N–H and O–H groups in total. The van der Waals surface area contributed by atoms with Crippen LogP contribution in [0.15, 0.2) is 200 Å². The number of hydrogen-bond acceptors (Lipinski definition) is 3. The van der Waals surface area contributed by atoms with E-state index in [0.717, 1.165) is 28.2 Å². The van der Waals surface area contributed by atoms with Crippen molar-refractivity contribution in [2.45, 2.75) is 0 Å². The van der Waals surface area contributed by atoms with E-state index in [-0.39, 0.29) is 0 Å². The van der Waals surface area contributed by atoms with E-state index >= 15 is 0 Å². The van der Waals surface area contributed by atoms with Gasteiger partial charge in [0.25, 0.3) is 0 Å². The minimum absolute atomic E-state index is 0.557. The number of rotatable bonds is 8. The standard InChI is InChI=1S/C50H34N4Si/c51-34-36-14-12-15-38(32-36)46-33-37(35-52)26-31-47(46)53-39-27-29-43(30-28-39)55(41-18-6-2-7-19-41,42-20-8-3-9-21-42)49-25-13-23-45-44-22-10-11-24-48(44)54(50(45)49)40-16-4-1-5-17-40/h1-33,53H. The molecule has 9 rings (SSSR count). The Morgan fingerprint density at radius 2 is 1.05 bits per heavy atom. The molecule has 0 atom stereocenters. The lowest BCUT2D eigenvalue weighted by molar-refractivity contribution is 1.18. The molecule has 1 heterocycles. The van der Waals surface area contributed by atoms with Crippen LogP contribution in [0.2, 0.25) is 0 Å². The van der Waals surface area contributed by atoms with Gasteiger partial charge in [-0.15, -0.1) is 0 Å². The van der Waals surface area contributed by atoms with Gasteiger partial charge in [0.2, 0.25) is 0 Å². The van der Waals surface area contributed by atoms with Crippen molar-refractivity contribution in [2.24, 2.45) is 0 Å². The average Bonchev–Trinajstić information content (AvgIpc) is 3.61. The first-order valence-electron chi connectivity index (χ1n) is 18.3. The molecule has 9 aromatic rings. The van der Waals surface area contributed by atoms with Crippen LogP contribution in [0.4, 0.5) is 11.4 Å². The van der Waals surface area contributed by atoms with Gasteiger partial charge in [-0.2, -0.15) is 10.5 Å². The molecule has 0 bridgehead atoms. The van der Waals surface area contributed by atoms with Crippen molar-refractivity contribution < 1.29 is 0 Å². The van der Waals surface area contributed by atoms with E-state index in [1.807, 2.05) is 36.4 Å². The van der Waals surface area contributed by atoms with Gasteiger partial charge in [-0.05, 0) is 87.0 Å². The maximum absolute atomic E-state index is 9.75. The number of anilines is 2. The van der Waals surface area contributed by atoms with Gasteiger partial charge >= 0.3 is 0 Å². The third kappa shape index (κ3) is 5.77. The van der Waals surface area contributed by atoms with E-state index in [1.165, 1.54) is 42.6 Å². The first-order valence-corrected chi connectivity index (χ1v) is 20.3. The van der Waals surface area contributed by atoms with E-state index < -0.39 is 8.07 Å². The maximum Gasteiger partial charge on any atom is 0.181 e. The Labute approximate surface area is 321 Å². The Hall–Kier alpha value is -7.44. The van der Waals surface area contributed by atoms with Crippen molar-refractivity contribution in [1.29, 1.82) is 10.5 Å². The first kappa shape index (κ1) is 33.4. The Kier molecular flexibility index (Phi) is 8.61. The topological polar surface area (TPSA) is 64.5 Å². The smallest absolute Gasteiger partial charge is 0.181 e. The van der Waals surface area contributed by atoms with Crippen molar-refractivity contribution in [1.82, 2.24) is 4.57 Å². The SMILES string of the molecule is N#Cc1cccc(-c2cc(C#N)ccc2Nc2ccc([Si](c3ccccc3)(c3ccccc3)c3cccc4c5ccccc5n(-c5ccccc5)c34)cc2)c1. The normalized spacial score (nSPS) is 11.2. The van der Waals surface area contributed by atoms with Crippen LogP contribution in [0.25, 0.3) is 38.6 Å². The Morgan fingerprint density at radius 1 is 0.473 bits per heavy atom. The second-order valence-electron chi connectivity index (χ2n) is 13.6. The highest BCUT2D eigenvalue weighted by molar-refractivity contribution is 7.20. The van der Waals surface area contributed by atoms with Crippen LogP contribution >= 0.6 is 0 Å². The predicted molar refractivity (Wildman–Crippen MR) is 229 cm³/mol. The van der Waals surface area contributed by atoms with Crippen molar-refractivity contribution in [3.63, 3.8) is 0 Å². The summed E-state index contributed by atoms with van der Waals surface area (Å²) in [5.74, 6) is 0. The molecule has 0 aliphatic rings. The molecule has 0 radical (unpaired) electrons. The van der Waals surface area contributed by atoms with Crippen molar-refractivity contribution in [2.75, 3.05) is 5.32 Å². The summed E-state index contributed by atoms with van der Waals surface area (Å²) in [6, 6.07) is 75.0. The predicted octanol–water partition coefficient (Wildman–Crippen LogP) is 9.32. The fourth-order valence-corrected chi connectivity index (χ4v) is 13.1. The number of nitrogens with zero attached hydrogens (tertiary/aromatic N) is 3. The van der Waals surface area contributed by atoms with Crippen molar-refractivity contribution in [3.05, 3.63) is 211 Å². The zero-order chi connectivity index (χ0) is 37.2. The number of hydrogen-bond donors (Lipinski definition) is 1. The molecule has 8 aromatic carbocycles. The number of aromatic nitrogens is 1. The van der Waals surface area contributed by atoms with E-state index in [4.69, 9.17) is 0 Å². The quantitative estimate of drug-likeness (QED) is 0.126. The number of nitrogens with one attached hydrogen (secondary N) is 1. The molecule has 0 amide bonds. The summed E-state index contributed by atoms with van der Waals surface area (Å²) in [6.45, 7) is 0. The molecule has 0 saturated heterocycles. The summed E-state index contributed by atoms with van der Waals surface area (Å²) < 4.78 is 2.46. The molecule has 0 aliphatic carbocycles. The van der Waals surface area contributed by atoms with Crippen molar-refractivity contribution >= 4 is 62.0 Å². The molecule has 0 unspecified atom stereocenters. The van der Waals surface area contributed by atoms with Crippen LogP contribution in [0.3, 0.4) is 0 Å². The minimum atomic E-state index is -3.01. The van der Waals surface area contributed by atoms with E-state index in [0.29, 0.717) is 11.1 Å². The van der Waals surface area contributed by atoms with Crippen LogP contribution < -0.4 is 26.1 Å². The van der Waals surface area contributed by atoms with E-state index in [1.54, 1.807) is 6.07 Å². The van der Waals surface area contributed by atoms with Gasteiger partial charge < -0.3 is 9.88 Å². The highest BCUT2D eigenvalue weighted by Gasteiger charge is 2.43. The van der Waals surface area contributed by atoms with Gasteiger partial charge in [0.05, 0.1) is 34.3 Å². The van der Waals surface area contributed by atoms with Gasteiger partial charge in [0.1, 0.15) is 0 Å². The number of nitriles is 2. The molecular weight excluding hydrogens is 685 g/mol. The fraction of sp³-hybridized carbons (Fsp3) is 0. The van der Waals surface area contributed by atoms with Gasteiger partial charge in [0.15, 0.2) is 8.07 Å². The Morgan fingerprint density at radius 3 is 1.75 bits per heavy atom. The summed E-state index contributed by atoms with van der Waals surface area (Å²) >= 11 is 0. The van der Waals surface area contributed by atoms with Gasteiger partial charge in [-0.25, -0.2) is 0 Å². The summed E-state index contributed by atoms with van der Waals surface area (Å²) in [7, 11) is -3.01. The highest BCUT2D eigenvalue weighted by Crippen LogP contribution is 2.34. The van der Waals surface area contributed by atoms with Crippen molar-refractivity contribution in [3.8, 4) is 29.0 Å². The van der Waals surface area contributed by atoms with Crippen LogP contribution in [0.1, 0.15) is 11.1 Å². The molecule has 55 heavy (non-hydrogen) atoms. The number of fused-ring (bicyclic) bond motifs is 3. The number of benzene rings is 8. The molecule has 1 aromatic heterocycles. The maximum atomic E-state index is 9.75. The van der Waals surface area contributed by atoms with Gasteiger partial charge in [-0.1, -0.05) is 140 Å². The van der Waals surface area contributed by atoms with E-state index in [9.17, 15) is 10.5 Å². The molecular formula is C50H34N4Si. The second-order valence-corrected chi connectivity index (χ2v) is 17.4. The molecule has 5 heteroatoms. The summed E-state index contributed by atoms with van der Waals surface area (Å²) in [6.07, 6.45) is 0. The average molecular weight is 719 g/mol. The first-order chi connectivity index (χ1) is 27.2. The molecule has 0 spiro atoms. The molecule has 4 nitrogen and oxygen atoms in total. The highest BCUT2D eigenvalue weighted by atomic mass is 28.3. The Balaban J connectivity index is 1.28. The largest absolute Gasteiger partial charge is 0.355 e. The zero-order valence-corrected chi connectivity index (χ0v) is 30.9. The lowest BCUT2D eigenvalue weighted by Crippen LogP contribution is -2.75. The molecule has 0 aliphatic heterocycles. The fourth-order valence-electron chi connectivity index (χ4n) is 8.19. The Bertz CT molecular complexity index is 2860. The van der Waals surface area contributed by atoms with Crippen LogP contribution in [-0.2, 0) is 0 Å². The van der Waals surface area contributed by atoms with Crippen LogP contribution in [0.5, 0.6) is 0 Å². The summed E-state index contributed by atoms with van der Waals surface area (Å²) in [5, 5.41) is 30.6. The monoisotopic (exact) mass is 718 g/mol. The van der Waals surface area contributed by atoms with Crippen LogP contribution in [-0.4, -0.2) is 12.6 Å². The second kappa shape index (κ2) is 14.2. The lowest BCUT2D eigenvalue weighted by atomic mass is 9.99. The third-order valence-electron chi connectivity index (χ3n) is 10.6. The summed E-state index contributed by atoms with van der Waals surface area (Å²) in [5.41, 5.74) is 8.16. The summed E-state index contributed by atoms with van der Waals surface area (Å²) in [4.78, 5) is 0. The minimum Gasteiger partial charge on any atom is -0.355 e. The third-order valence-corrected chi connectivity index (χ3v) is 15.4. The lowest BCUT2D eigenvalue weighted by Gasteiger charge is -2.35. The van der Waals surface area contributed by atoms with E-state index in [2.05, 4.69) is 180 Å². The van der Waals surface area contributed by atoms with Gasteiger partial charge in [0, 0.05) is 33.4 Å². The van der Waals surface area contributed by atoms with Crippen LogP contribution in [0, 0.1) is 22.7 Å². The molecule has 258 valence electrons. The zero-order valence-electron chi connectivity index (χ0n) is 29.9.